The number of thiophene rings is 1. The number of rotatable bonds is 8. The van der Waals surface area contributed by atoms with E-state index in [0.717, 1.165) is 22.5 Å². The summed E-state index contributed by atoms with van der Waals surface area (Å²) in [5, 5.41) is 25.3. The monoisotopic (exact) mass is 527 g/mol. The van der Waals surface area contributed by atoms with Crippen molar-refractivity contribution in [2.75, 3.05) is 11.1 Å². The molecule has 35 heavy (non-hydrogen) atoms. The molecule has 0 fully saturated rings. The van der Waals surface area contributed by atoms with Crippen molar-refractivity contribution >= 4 is 52.0 Å². The summed E-state index contributed by atoms with van der Waals surface area (Å²) >= 11 is 8.76. The Labute approximate surface area is 215 Å². The standard InChI is InChI=1S/C24H22ClN5O3S2/c1-4-29-23(18-12-34-15(3)22(18)16-7-5-14(2)6-8-16)27-28-24(29)35-13-21(31)26-17-9-10-19(25)20(11-17)30(32)33/h5-12H,4,13H2,1-3H3,(H,26,31). The number of nitrogens with one attached hydrogen (secondary N) is 1. The van der Waals surface area contributed by atoms with Crippen LogP contribution in [-0.2, 0) is 11.3 Å². The van der Waals surface area contributed by atoms with Crippen LogP contribution in [0.3, 0.4) is 0 Å². The molecule has 0 spiro atoms. The van der Waals surface area contributed by atoms with Gasteiger partial charge in [-0.2, -0.15) is 0 Å². The molecule has 2 aromatic heterocycles. The van der Waals surface area contributed by atoms with Gasteiger partial charge in [0.1, 0.15) is 5.02 Å². The molecule has 0 aliphatic heterocycles. The number of benzene rings is 2. The van der Waals surface area contributed by atoms with Gasteiger partial charge in [-0.1, -0.05) is 53.2 Å². The van der Waals surface area contributed by atoms with Crippen molar-refractivity contribution in [3.8, 4) is 22.5 Å². The van der Waals surface area contributed by atoms with E-state index in [1.165, 1.54) is 40.4 Å². The molecular weight excluding hydrogens is 506 g/mol. The molecule has 0 aliphatic carbocycles. The average molecular weight is 528 g/mol. The van der Waals surface area contributed by atoms with E-state index in [-0.39, 0.29) is 22.4 Å². The van der Waals surface area contributed by atoms with Crippen molar-refractivity contribution in [1.82, 2.24) is 14.8 Å². The topological polar surface area (TPSA) is 103 Å². The van der Waals surface area contributed by atoms with Crippen LogP contribution in [0, 0.1) is 24.0 Å². The zero-order valence-corrected chi connectivity index (χ0v) is 21.6. The molecule has 1 N–H and O–H groups in total. The van der Waals surface area contributed by atoms with Crippen molar-refractivity contribution in [2.24, 2.45) is 0 Å². The van der Waals surface area contributed by atoms with Gasteiger partial charge in [0.05, 0.1) is 10.7 Å². The number of nitro groups is 1. The molecule has 0 aliphatic rings. The maximum atomic E-state index is 12.5. The van der Waals surface area contributed by atoms with E-state index < -0.39 is 4.92 Å². The normalized spacial score (nSPS) is 11.0. The van der Waals surface area contributed by atoms with Crippen molar-refractivity contribution in [2.45, 2.75) is 32.5 Å². The number of carbonyl (C=O) groups is 1. The Morgan fingerprint density at radius 1 is 1.20 bits per heavy atom. The lowest BCUT2D eigenvalue weighted by Crippen LogP contribution is -2.14. The number of hydrogen-bond acceptors (Lipinski definition) is 7. The number of aromatic nitrogens is 3. The number of carbonyl (C=O) groups excluding carboxylic acids is 1. The van der Waals surface area contributed by atoms with Gasteiger partial charge in [-0.25, -0.2) is 0 Å². The Balaban J connectivity index is 1.53. The first-order valence-electron chi connectivity index (χ1n) is 10.7. The zero-order chi connectivity index (χ0) is 25.1. The van der Waals surface area contributed by atoms with E-state index in [4.69, 9.17) is 11.6 Å². The van der Waals surface area contributed by atoms with Gasteiger partial charge < -0.3 is 9.88 Å². The van der Waals surface area contributed by atoms with E-state index in [1.54, 1.807) is 11.3 Å². The van der Waals surface area contributed by atoms with Gasteiger partial charge in [-0.15, -0.1) is 21.5 Å². The number of amides is 1. The van der Waals surface area contributed by atoms with Crippen molar-refractivity contribution in [1.29, 1.82) is 0 Å². The molecular formula is C24H22ClN5O3S2. The van der Waals surface area contributed by atoms with Gasteiger partial charge >= 0.3 is 0 Å². The van der Waals surface area contributed by atoms with E-state index in [9.17, 15) is 14.9 Å². The number of halogens is 1. The van der Waals surface area contributed by atoms with Crippen molar-refractivity contribution < 1.29 is 9.72 Å². The van der Waals surface area contributed by atoms with Crippen LogP contribution in [-0.4, -0.2) is 31.3 Å². The summed E-state index contributed by atoms with van der Waals surface area (Å²) in [7, 11) is 0. The third-order valence-corrected chi connectivity index (χ3v) is 7.55. The highest BCUT2D eigenvalue weighted by Gasteiger charge is 2.21. The second kappa shape index (κ2) is 10.6. The van der Waals surface area contributed by atoms with E-state index in [2.05, 4.69) is 59.0 Å². The Morgan fingerprint density at radius 3 is 2.63 bits per heavy atom. The summed E-state index contributed by atoms with van der Waals surface area (Å²) in [5.41, 5.74) is 4.51. The molecule has 4 rings (SSSR count). The summed E-state index contributed by atoms with van der Waals surface area (Å²) in [6.45, 7) is 6.80. The predicted molar refractivity (Wildman–Crippen MR) is 141 cm³/mol. The van der Waals surface area contributed by atoms with E-state index >= 15 is 0 Å². The molecule has 180 valence electrons. The van der Waals surface area contributed by atoms with Crippen molar-refractivity contribution in [3.05, 3.63) is 73.4 Å². The van der Waals surface area contributed by atoms with E-state index in [1.807, 2.05) is 11.5 Å². The highest BCUT2D eigenvalue weighted by molar-refractivity contribution is 7.99. The van der Waals surface area contributed by atoms with Gasteiger partial charge in [0.25, 0.3) is 5.69 Å². The molecule has 1 amide bonds. The second-order valence-electron chi connectivity index (χ2n) is 7.76. The van der Waals surface area contributed by atoms with Crippen LogP contribution in [0.2, 0.25) is 5.02 Å². The van der Waals surface area contributed by atoms with Gasteiger partial charge in [0.2, 0.25) is 5.91 Å². The Hall–Kier alpha value is -3.21. The van der Waals surface area contributed by atoms with Crippen LogP contribution in [0.5, 0.6) is 0 Å². The van der Waals surface area contributed by atoms with Crippen LogP contribution in [0.4, 0.5) is 11.4 Å². The third-order valence-electron chi connectivity index (χ3n) is 5.35. The average Bonchev–Trinajstić information content (AvgIpc) is 3.42. The maximum Gasteiger partial charge on any atom is 0.289 e. The molecule has 8 nitrogen and oxygen atoms in total. The predicted octanol–water partition coefficient (Wildman–Crippen LogP) is 6.60. The lowest BCUT2D eigenvalue weighted by molar-refractivity contribution is -0.384. The summed E-state index contributed by atoms with van der Waals surface area (Å²) < 4.78 is 1.99. The summed E-state index contributed by atoms with van der Waals surface area (Å²) in [5.74, 6) is 0.511. The highest BCUT2D eigenvalue weighted by Crippen LogP contribution is 2.39. The smallest absolute Gasteiger partial charge is 0.289 e. The zero-order valence-electron chi connectivity index (χ0n) is 19.2. The molecule has 2 heterocycles. The molecule has 2 aromatic carbocycles. The summed E-state index contributed by atoms with van der Waals surface area (Å²) in [4.78, 5) is 24.2. The quantitative estimate of drug-likeness (QED) is 0.157. The third kappa shape index (κ3) is 5.39. The molecule has 0 radical (unpaired) electrons. The summed E-state index contributed by atoms with van der Waals surface area (Å²) in [6, 6.07) is 12.6. The SMILES string of the molecule is CCn1c(SCC(=O)Nc2ccc(Cl)c([N+](=O)[O-])c2)nnc1-c1csc(C)c1-c1ccc(C)cc1. The van der Waals surface area contributed by atoms with E-state index in [0.29, 0.717) is 17.4 Å². The Bertz CT molecular complexity index is 1400. The molecule has 0 saturated heterocycles. The number of thioether (sulfide) groups is 1. The fraction of sp³-hybridized carbons (Fsp3) is 0.208. The number of aryl methyl sites for hydroxylation is 2. The first-order valence-corrected chi connectivity index (χ1v) is 13.0. The van der Waals surface area contributed by atoms with Gasteiger partial charge in [-0.3, -0.25) is 14.9 Å². The molecule has 0 atom stereocenters. The molecule has 11 heteroatoms. The maximum absolute atomic E-state index is 12.5. The van der Waals surface area contributed by atoms with Gasteiger partial charge in [-0.05, 0) is 38.5 Å². The Kier molecular flexibility index (Phi) is 7.54. The molecule has 0 bridgehead atoms. The number of hydrogen-bond donors (Lipinski definition) is 1. The number of nitro benzene ring substituents is 1. The Morgan fingerprint density at radius 2 is 1.94 bits per heavy atom. The van der Waals surface area contributed by atoms with Crippen LogP contribution in [0.15, 0.2) is 53.0 Å². The lowest BCUT2D eigenvalue weighted by Gasteiger charge is -2.10. The fourth-order valence-electron chi connectivity index (χ4n) is 3.64. The van der Waals surface area contributed by atoms with Crippen LogP contribution in [0.25, 0.3) is 22.5 Å². The highest BCUT2D eigenvalue weighted by atomic mass is 35.5. The minimum Gasteiger partial charge on any atom is -0.325 e. The fourth-order valence-corrected chi connectivity index (χ4v) is 5.49. The van der Waals surface area contributed by atoms with Crippen LogP contribution >= 0.6 is 34.7 Å². The minimum absolute atomic E-state index is 0.0135. The van der Waals surface area contributed by atoms with Crippen LogP contribution in [0.1, 0.15) is 17.4 Å². The largest absolute Gasteiger partial charge is 0.325 e. The number of anilines is 1. The van der Waals surface area contributed by atoms with Crippen LogP contribution < -0.4 is 5.32 Å². The number of nitrogens with zero attached hydrogens (tertiary/aromatic N) is 4. The van der Waals surface area contributed by atoms with Gasteiger partial charge in [0.15, 0.2) is 11.0 Å². The molecule has 4 aromatic rings. The lowest BCUT2D eigenvalue weighted by atomic mass is 10.0. The minimum atomic E-state index is -0.588. The second-order valence-corrected chi connectivity index (χ2v) is 10.2. The summed E-state index contributed by atoms with van der Waals surface area (Å²) in [6.07, 6.45) is 0. The first-order chi connectivity index (χ1) is 16.8. The first kappa shape index (κ1) is 24.9. The van der Waals surface area contributed by atoms with Crippen molar-refractivity contribution in [3.63, 3.8) is 0 Å². The molecule has 0 saturated carbocycles. The van der Waals surface area contributed by atoms with Gasteiger partial charge in [0, 0.05) is 39.7 Å². The molecule has 0 unspecified atom stereocenters.